The van der Waals surface area contributed by atoms with E-state index in [0.29, 0.717) is 16.7 Å². The molecule has 2 aromatic carbocycles. The molecule has 1 nitrogen and oxygen atoms in total. The van der Waals surface area contributed by atoms with Gasteiger partial charge < -0.3 is 4.90 Å². The summed E-state index contributed by atoms with van der Waals surface area (Å²) >= 11 is 0. The van der Waals surface area contributed by atoms with Crippen LogP contribution in [0.3, 0.4) is 0 Å². The third kappa shape index (κ3) is 3.43. The lowest BCUT2D eigenvalue weighted by Gasteiger charge is -2.33. The van der Waals surface area contributed by atoms with Gasteiger partial charge in [-0.2, -0.15) is 0 Å². The van der Waals surface area contributed by atoms with Gasteiger partial charge >= 0.3 is 0 Å². The maximum atomic E-state index is 14.7. The number of nitrogens with zero attached hydrogens (tertiary/aromatic N) is 1. The van der Waals surface area contributed by atoms with Crippen LogP contribution in [0, 0.1) is 18.6 Å². The Bertz CT molecular complexity index is 874. The van der Waals surface area contributed by atoms with Crippen LogP contribution in [0.1, 0.15) is 16.7 Å². The number of alkyl halides is 2. The van der Waals surface area contributed by atoms with E-state index in [9.17, 15) is 17.6 Å². The minimum absolute atomic E-state index is 0.0546. The molecule has 5 heteroatoms. The third-order valence-electron chi connectivity index (χ3n) is 4.14. The molecule has 2 aromatic rings. The van der Waals surface area contributed by atoms with Gasteiger partial charge in [0.15, 0.2) is 0 Å². The third-order valence-corrected chi connectivity index (χ3v) is 4.14. The largest absolute Gasteiger partial charge is 0.335 e. The van der Waals surface area contributed by atoms with Crippen molar-refractivity contribution in [2.24, 2.45) is 0 Å². The Hall–Kier alpha value is -2.82. The number of hydrogen-bond donors (Lipinski definition) is 0. The second-order valence-electron chi connectivity index (χ2n) is 6.06. The Morgan fingerprint density at radius 3 is 2.19 bits per heavy atom. The standard InChI is InChI=1S/C21H17F4N/c1-13-10-17(22)20(18(23)11-13)21-16(15-6-4-3-5-7-15)9-8-14(2)26(21)12-19(24)25/h3-11,19H,2,12H2,1H3. The van der Waals surface area contributed by atoms with Crippen molar-refractivity contribution in [1.29, 1.82) is 0 Å². The number of aryl methyl sites for hydroxylation is 1. The van der Waals surface area contributed by atoms with Crippen LogP contribution >= 0.6 is 0 Å². The zero-order valence-electron chi connectivity index (χ0n) is 14.1. The van der Waals surface area contributed by atoms with Crippen molar-refractivity contribution in [3.63, 3.8) is 0 Å². The minimum atomic E-state index is -2.69. The van der Waals surface area contributed by atoms with E-state index in [1.807, 2.05) is 0 Å². The lowest BCUT2D eigenvalue weighted by atomic mass is 9.93. The summed E-state index contributed by atoms with van der Waals surface area (Å²) in [4.78, 5) is 1.17. The summed E-state index contributed by atoms with van der Waals surface area (Å²) in [5.41, 5.74) is 1.51. The highest BCUT2D eigenvalue weighted by atomic mass is 19.3. The van der Waals surface area contributed by atoms with E-state index in [1.165, 1.54) is 17.0 Å². The van der Waals surface area contributed by atoms with Crippen LogP contribution in [0.15, 0.2) is 66.9 Å². The van der Waals surface area contributed by atoms with Gasteiger partial charge in [-0.15, -0.1) is 0 Å². The summed E-state index contributed by atoms with van der Waals surface area (Å²) in [6.07, 6.45) is 0.521. The summed E-state index contributed by atoms with van der Waals surface area (Å²) in [6, 6.07) is 11.3. The molecule has 134 valence electrons. The van der Waals surface area contributed by atoms with Crippen molar-refractivity contribution in [2.75, 3.05) is 6.54 Å². The smallest absolute Gasteiger partial charge is 0.256 e. The molecule has 0 aliphatic carbocycles. The van der Waals surface area contributed by atoms with E-state index >= 15 is 0 Å². The molecule has 0 radical (unpaired) electrons. The highest BCUT2D eigenvalue weighted by Gasteiger charge is 2.28. The molecule has 0 atom stereocenters. The van der Waals surface area contributed by atoms with Gasteiger partial charge in [0.2, 0.25) is 0 Å². The molecule has 26 heavy (non-hydrogen) atoms. The highest BCUT2D eigenvalue weighted by Crippen LogP contribution is 2.39. The molecule has 1 aliphatic rings. The van der Waals surface area contributed by atoms with E-state index < -0.39 is 24.6 Å². The Morgan fingerprint density at radius 2 is 1.62 bits per heavy atom. The number of rotatable bonds is 4. The van der Waals surface area contributed by atoms with Crippen molar-refractivity contribution in [1.82, 2.24) is 4.90 Å². The van der Waals surface area contributed by atoms with Crippen molar-refractivity contribution in [2.45, 2.75) is 13.3 Å². The van der Waals surface area contributed by atoms with E-state index in [2.05, 4.69) is 6.58 Å². The fourth-order valence-electron chi connectivity index (χ4n) is 3.03. The lowest BCUT2D eigenvalue weighted by Crippen LogP contribution is -2.29. The molecule has 1 aliphatic heterocycles. The number of halogens is 4. The van der Waals surface area contributed by atoms with E-state index in [4.69, 9.17) is 0 Å². The fraction of sp³-hybridized carbons (Fsp3) is 0.143. The molecule has 0 unspecified atom stereocenters. The predicted molar refractivity (Wildman–Crippen MR) is 95.3 cm³/mol. The molecule has 0 N–H and O–H groups in total. The van der Waals surface area contributed by atoms with Gasteiger partial charge in [-0.3, -0.25) is 0 Å². The van der Waals surface area contributed by atoms with Crippen LogP contribution < -0.4 is 0 Å². The van der Waals surface area contributed by atoms with Crippen LogP contribution in [-0.4, -0.2) is 17.9 Å². The zero-order chi connectivity index (χ0) is 18.8. The number of hydrogen-bond acceptors (Lipinski definition) is 1. The Morgan fingerprint density at radius 1 is 1.00 bits per heavy atom. The molecule has 0 amide bonds. The quantitative estimate of drug-likeness (QED) is 0.625. The SMILES string of the molecule is C=C1C=CC(c2ccccc2)=C(c2c(F)cc(C)cc2F)N1CC(F)F. The molecular formula is C21H17F4N. The van der Waals surface area contributed by atoms with Gasteiger partial charge in [0.25, 0.3) is 6.43 Å². The van der Waals surface area contributed by atoms with Gasteiger partial charge in [-0.25, -0.2) is 17.6 Å². The average Bonchev–Trinajstić information content (AvgIpc) is 2.57. The highest BCUT2D eigenvalue weighted by molar-refractivity contribution is 5.97. The van der Waals surface area contributed by atoms with Crippen molar-refractivity contribution in [3.8, 4) is 0 Å². The summed E-state index contributed by atoms with van der Waals surface area (Å²) in [5, 5.41) is 0. The molecule has 3 rings (SSSR count). The van der Waals surface area contributed by atoms with Crippen molar-refractivity contribution in [3.05, 3.63) is 95.2 Å². The van der Waals surface area contributed by atoms with Gasteiger partial charge in [-0.1, -0.05) is 43.0 Å². The molecule has 0 bridgehead atoms. The van der Waals surface area contributed by atoms with Crippen molar-refractivity contribution >= 4 is 11.3 Å². The van der Waals surface area contributed by atoms with Gasteiger partial charge in [0, 0.05) is 11.3 Å². The number of allylic oxidation sites excluding steroid dienone is 3. The average molecular weight is 359 g/mol. The Balaban J connectivity index is 2.31. The second-order valence-corrected chi connectivity index (χ2v) is 6.06. The predicted octanol–water partition coefficient (Wildman–Crippen LogP) is 5.79. The van der Waals surface area contributed by atoms with Gasteiger partial charge in [-0.05, 0) is 36.3 Å². The first-order valence-electron chi connectivity index (χ1n) is 8.07. The molecule has 0 saturated heterocycles. The maximum absolute atomic E-state index is 14.7. The molecule has 0 saturated carbocycles. The molecule has 0 spiro atoms. The summed E-state index contributed by atoms with van der Waals surface area (Å²) < 4.78 is 55.7. The van der Waals surface area contributed by atoms with E-state index in [-0.39, 0.29) is 17.0 Å². The second kappa shape index (κ2) is 7.20. The zero-order valence-corrected chi connectivity index (χ0v) is 14.1. The minimum Gasteiger partial charge on any atom is -0.335 e. The maximum Gasteiger partial charge on any atom is 0.256 e. The van der Waals surface area contributed by atoms with Crippen molar-refractivity contribution < 1.29 is 17.6 Å². The van der Waals surface area contributed by atoms with Crippen LogP contribution in [0.4, 0.5) is 17.6 Å². The Labute approximate surface area is 149 Å². The topological polar surface area (TPSA) is 3.24 Å². The monoisotopic (exact) mass is 359 g/mol. The van der Waals surface area contributed by atoms with Crippen LogP contribution in [0.25, 0.3) is 11.3 Å². The summed E-state index contributed by atoms with van der Waals surface area (Å²) in [7, 11) is 0. The molecule has 0 aromatic heterocycles. The first kappa shape index (κ1) is 18.0. The Kier molecular flexibility index (Phi) is 4.98. The lowest BCUT2D eigenvalue weighted by molar-refractivity contribution is 0.123. The van der Waals surface area contributed by atoms with Crippen LogP contribution in [0.2, 0.25) is 0 Å². The first-order valence-corrected chi connectivity index (χ1v) is 8.07. The van der Waals surface area contributed by atoms with Crippen LogP contribution in [0.5, 0.6) is 0 Å². The molecular weight excluding hydrogens is 342 g/mol. The first-order chi connectivity index (χ1) is 12.4. The summed E-state index contributed by atoms with van der Waals surface area (Å²) in [5.74, 6) is -1.60. The van der Waals surface area contributed by atoms with Crippen LogP contribution in [-0.2, 0) is 0 Å². The summed E-state index contributed by atoms with van der Waals surface area (Å²) in [6.45, 7) is 4.62. The van der Waals surface area contributed by atoms with E-state index in [1.54, 1.807) is 49.4 Å². The number of benzene rings is 2. The van der Waals surface area contributed by atoms with E-state index in [0.717, 1.165) is 0 Å². The van der Waals surface area contributed by atoms with Gasteiger partial charge in [0.1, 0.15) is 11.6 Å². The fourth-order valence-corrected chi connectivity index (χ4v) is 3.03. The normalized spacial score (nSPS) is 14.5. The van der Waals surface area contributed by atoms with Gasteiger partial charge in [0.05, 0.1) is 17.8 Å². The molecule has 1 heterocycles. The molecule has 0 fully saturated rings.